The largest absolute Gasteiger partial charge is 0.392 e. The van der Waals surface area contributed by atoms with Crippen molar-refractivity contribution in [3.05, 3.63) is 0 Å². The summed E-state index contributed by atoms with van der Waals surface area (Å²) in [4.78, 5) is 11.0. The van der Waals surface area contributed by atoms with E-state index in [1.165, 1.54) is 0 Å². The van der Waals surface area contributed by atoms with Crippen molar-refractivity contribution < 1.29 is 9.90 Å². The lowest BCUT2D eigenvalue weighted by Crippen LogP contribution is -2.37. The fourth-order valence-corrected chi connectivity index (χ4v) is 2.91. The van der Waals surface area contributed by atoms with Gasteiger partial charge in [-0.3, -0.25) is 4.79 Å². The van der Waals surface area contributed by atoms with Gasteiger partial charge in [-0.1, -0.05) is 15.9 Å². The molecule has 2 rings (SSSR count). The van der Waals surface area contributed by atoms with E-state index in [1.807, 2.05) is 0 Å². The van der Waals surface area contributed by atoms with Crippen LogP contribution in [0, 0.1) is 11.8 Å². The first kappa shape index (κ1) is 6.80. The van der Waals surface area contributed by atoms with Crippen LogP contribution in [0.15, 0.2) is 0 Å². The second-order valence-electron chi connectivity index (χ2n) is 3.20. The van der Waals surface area contributed by atoms with Gasteiger partial charge in [0, 0.05) is 12.3 Å². The molecule has 0 bridgehead atoms. The summed E-state index contributed by atoms with van der Waals surface area (Å²) in [5.41, 5.74) is 0. The Kier molecular flexibility index (Phi) is 1.39. The first-order chi connectivity index (χ1) is 4.70. The van der Waals surface area contributed by atoms with Crippen molar-refractivity contribution in [2.24, 2.45) is 11.8 Å². The van der Waals surface area contributed by atoms with Crippen LogP contribution in [0.5, 0.6) is 0 Å². The van der Waals surface area contributed by atoms with Gasteiger partial charge in [0.2, 0.25) is 0 Å². The van der Waals surface area contributed by atoms with Crippen LogP contribution in [0.2, 0.25) is 0 Å². The summed E-state index contributed by atoms with van der Waals surface area (Å²) in [6.45, 7) is 0. The van der Waals surface area contributed by atoms with Crippen LogP contribution in [0.1, 0.15) is 12.8 Å². The molecule has 1 N–H and O–H groups in total. The van der Waals surface area contributed by atoms with E-state index in [1.54, 1.807) is 0 Å². The lowest BCUT2D eigenvalue weighted by atomic mass is 9.75. The van der Waals surface area contributed by atoms with Gasteiger partial charge < -0.3 is 5.11 Å². The van der Waals surface area contributed by atoms with Crippen molar-refractivity contribution in [2.45, 2.75) is 23.8 Å². The molecule has 0 radical (unpaired) electrons. The van der Waals surface area contributed by atoms with Crippen LogP contribution in [-0.4, -0.2) is 21.8 Å². The second-order valence-corrected chi connectivity index (χ2v) is 4.26. The number of carbonyl (C=O) groups excluding carboxylic acids is 1. The predicted molar refractivity (Wildman–Crippen MR) is 39.9 cm³/mol. The predicted octanol–water partition coefficient (Wildman–Crippen LogP) is 0.720. The van der Waals surface area contributed by atoms with Crippen LogP contribution in [0.4, 0.5) is 0 Å². The molecule has 2 saturated carbocycles. The smallest absolute Gasteiger partial charge is 0.137 e. The van der Waals surface area contributed by atoms with E-state index in [0.717, 1.165) is 6.42 Å². The molecule has 4 atom stereocenters. The number of halogens is 1. The molecule has 0 aromatic carbocycles. The van der Waals surface area contributed by atoms with Crippen molar-refractivity contribution in [3.8, 4) is 0 Å². The average molecular weight is 205 g/mol. The number of Topliss-reactive ketones (excluding diaryl/α,β-unsaturated/α-hetero) is 1. The zero-order valence-electron chi connectivity index (χ0n) is 5.46. The molecule has 2 aliphatic rings. The standard InChI is InChI=1S/C7H9BrO2/c8-7-5(10)2-3-1-4(9)6(3)7/h3,5-7,10H,1-2H2. The van der Waals surface area contributed by atoms with Crippen molar-refractivity contribution in [1.82, 2.24) is 0 Å². The van der Waals surface area contributed by atoms with Gasteiger partial charge in [-0.15, -0.1) is 0 Å². The van der Waals surface area contributed by atoms with E-state index < -0.39 is 0 Å². The van der Waals surface area contributed by atoms with E-state index in [9.17, 15) is 9.90 Å². The topological polar surface area (TPSA) is 37.3 Å². The maximum Gasteiger partial charge on any atom is 0.137 e. The molecule has 0 saturated heterocycles. The summed E-state index contributed by atoms with van der Waals surface area (Å²) in [6, 6.07) is 0. The molecular formula is C7H9BrO2. The Morgan fingerprint density at radius 1 is 1.60 bits per heavy atom. The first-order valence-corrected chi connectivity index (χ1v) is 4.46. The van der Waals surface area contributed by atoms with Gasteiger partial charge in [0.1, 0.15) is 5.78 Å². The Balaban J connectivity index is 2.15. The number of aliphatic hydroxyl groups is 1. The molecular weight excluding hydrogens is 196 g/mol. The lowest BCUT2D eigenvalue weighted by Gasteiger charge is -2.29. The summed E-state index contributed by atoms with van der Waals surface area (Å²) < 4.78 is 0. The fraction of sp³-hybridized carbons (Fsp3) is 0.857. The number of hydrogen-bond donors (Lipinski definition) is 1. The molecule has 2 fully saturated rings. The Morgan fingerprint density at radius 3 is 2.70 bits per heavy atom. The molecule has 0 aromatic rings. The number of ketones is 1. The molecule has 10 heavy (non-hydrogen) atoms. The highest BCUT2D eigenvalue weighted by Gasteiger charge is 2.52. The summed E-state index contributed by atoms with van der Waals surface area (Å²) in [7, 11) is 0. The number of carbonyl (C=O) groups is 1. The van der Waals surface area contributed by atoms with Gasteiger partial charge >= 0.3 is 0 Å². The van der Waals surface area contributed by atoms with Gasteiger partial charge in [-0.05, 0) is 12.3 Å². The van der Waals surface area contributed by atoms with Crippen molar-refractivity contribution in [2.75, 3.05) is 0 Å². The molecule has 0 heterocycles. The maximum absolute atomic E-state index is 10.9. The van der Waals surface area contributed by atoms with Crippen LogP contribution in [0.3, 0.4) is 0 Å². The highest BCUT2D eigenvalue weighted by atomic mass is 79.9. The molecule has 2 aliphatic carbocycles. The Bertz CT molecular complexity index is 180. The number of fused-ring (bicyclic) bond motifs is 1. The SMILES string of the molecule is O=C1CC2CC(O)C(Br)C12. The minimum Gasteiger partial charge on any atom is -0.392 e. The Morgan fingerprint density at radius 2 is 2.30 bits per heavy atom. The molecule has 3 heteroatoms. The highest BCUT2D eigenvalue weighted by molar-refractivity contribution is 9.09. The van der Waals surface area contributed by atoms with E-state index >= 15 is 0 Å². The third-order valence-corrected chi connectivity index (χ3v) is 3.78. The molecule has 0 amide bonds. The number of aliphatic hydroxyl groups excluding tert-OH is 1. The summed E-state index contributed by atoms with van der Waals surface area (Å²) in [5.74, 6) is 0.935. The van der Waals surface area contributed by atoms with Crippen LogP contribution in [-0.2, 0) is 4.79 Å². The van der Waals surface area contributed by atoms with E-state index in [4.69, 9.17) is 0 Å². The lowest BCUT2D eigenvalue weighted by molar-refractivity contribution is -0.132. The molecule has 56 valence electrons. The van der Waals surface area contributed by atoms with Gasteiger partial charge in [0.15, 0.2) is 0 Å². The van der Waals surface area contributed by atoms with Gasteiger partial charge in [0.05, 0.1) is 10.9 Å². The summed E-state index contributed by atoms with van der Waals surface area (Å²) in [5, 5.41) is 9.30. The first-order valence-electron chi connectivity index (χ1n) is 3.55. The molecule has 0 aliphatic heterocycles. The zero-order chi connectivity index (χ0) is 7.30. The van der Waals surface area contributed by atoms with Crippen LogP contribution >= 0.6 is 15.9 Å². The third kappa shape index (κ3) is 0.705. The van der Waals surface area contributed by atoms with Gasteiger partial charge in [0.25, 0.3) is 0 Å². The van der Waals surface area contributed by atoms with Gasteiger partial charge in [-0.25, -0.2) is 0 Å². The Hall–Kier alpha value is 0.110. The third-order valence-electron chi connectivity index (χ3n) is 2.60. The van der Waals surface area contributed by atoms with Crippen molar-refractivity contribution in [3.63, 3.8) is 0 Å². The highest BCUT2D eigenvalue weighted by Crippen LogP contribution is 2.47. The molecule has 0 spiro atoms. The number of alkyl halides is 1. The monoisotopic (exact) mass is 204 g/mol. The number of hydrogen-bond acceptors (Lipinski definition) is 2. The second kappa shape index (κ2) is 2.05. The van der Waals surface area contributed by atoms with Crippen molar-refractivity contribution in [1.29, 1.82) is 0 Å². The van der Waals surface area contributed by atoms with Crippen LogP contribution < -0.4 is 0 Å². The van der Waals surface area contributed by atoms with Crippen molar-refractivity contribution >= 4 is 21.7 Å². The minimum absolute atomic E-state index is 0.0405. The van der Waals surface area contributed by atoms with E-state index in [0.29, 0.717) is 18.1 Å². The number of rotatable bonds is 0. The minimum atomic E-state index is -0.290. The maximum atomic E-state index is 10.9. The average Bonchev–Trinajstić information content (AvgIpc) is 2.05. The summed E-state index contributed by atoms with van der Waals surface area (Å²) >= 11 is 3.33. The van der Waals surface area contributed by atoms with E-state index in [-0.39, 0.29) is 16.8 Å². The van der Waals surface area contributed by atoms with Crippen LogP contribution in [0.25, 0.3) is 0 Å². The molecule has 0 aromatic heterocycles. The van der Waals surface area contributed by atoms with Gasteiger partial charge in [-0.2, -0.15) is 0 Å². The summed E-state index contributed by atoms with van der Waals surface area (Å²) in [6.07, 6.45) is 1.22. The van der Waals surface area contributed by atoms with E-state index in [2.05, 4.69) is 15.9 Å². The quantitative estimate of drug-likeness (QED) is 0.591. The zero-order valence-corrected chi connectivity index (χ0v) is 7.04. The normalized spacial score (nSPS) is 52.4. The Labute approximate surface area is 67.7 Å². The molecule has 2 nitrogen and oxygen atoms in total. The molecule has 4 unspecified atom stereocenters. The fourth-order valence-electron chi connectivity index (χ4n) is 1.97.